The van der Waals surface area contributed by atoms with Gasteiger partial charge in [-0.3, -0.25) is 9.69 Å². The first-order chi connectivity index (χ1) is 9.65. The maximum atomic E-state index is 12.2. The summed E-state index contributed by atoms with van der Waals surface area (Å²) in [6.45, 7) is 8.84. The number of carbonyl (C=O) groups excluding carboxylic acids is 1. The van der Waals surface area contributed by atoms with Crippen LogP contribution in [0.1, 0.15) is 20.8 Å². The molecule has 20 heavy (non-hydrogen) atoms. The van der Waals surface area contributed by atoms with Gasteiger partial charge in [-0.25, -0.2) is 0 Å². The van der Waals surface area contributed by atoms with Crippen molar-refractivity contribution in [3.8, 4) is 11.5 Å². The normalized spacial score (nSPS) is 15.0. The largest absolute Gasteiger partial charge is 0.486 e. The predicted octanol–water partition coefficient (Wildman–Crippen LogP) is 2.13. The lowest BCUT2D eigenvalue weighted by atomic mass is 10.2. The van der Waals surface area contributed by atoms with Crippen LogP contribution in [0.4, 0.5) is 5.69 Å². The lowest BCUT2D eigenvalue weighted by Gasteiger charge is -2.25. The Balaban J connectivity index is 2.04. The fourth-order valence-electron chi connectivity index (χ4n) is 2.30. The molecule has 1 N–H and O–H groups in total. The molecule has 0 aromatic heterocycles. The van der Waals surface area contributed by atoms with Crippen LogP contribution in [0, 0.1) is 0 Å². The highest BCUT2D eigenvalue weighted by molar-refractivity contribution is 5.94. The van der Waals surface area contributed by atoms with E-state index >= 15 is 0 Å². The van der Waals surface area contributed by atoms with Gasteiger partial charge in [0.2, 0.25) is 5.91 Å². The number of anilines is 1. The van der Waals surface area contributed by atoms with Crippen molar-refractivity contribution < 1.29 is 14.3 Å². The maximum Gasteiger partial charge on any atom is 0.241 e. The third-order valence-corrected chi connectivity index (χ3v) is 3.55. The molecular formula is C15H22N2O3. The summed E-state index contributed by atoms with van der Waals surface area (Å²) in [4.78, 5) is 14.3. The SMILES string of the molecule is CCN(CC)[C@H](C)C(=O)Nc1ccc2c(c1)OCCO2. The molecule has 1 amide bonds. The first kappa shape index (κ1) is 14.7. The summed E-state index contributed by atoms with van der Waals surface area (Å²) in [6.07, 6.45) is 0. The molecule has 2 rings (SSSR count). The second-order valence-electron chi connectivity index (χ2n) is 4.74. The molecule has 0 unspecified atom stereocenters. The molecule has 0 aliphatic carbocycles. The van der Waals surface area contributed by atoms with Crippen molar-refractivity contribution >= 4 is 11.6 Å². The van der Waals surface area contributed by atoms with Crippen LogP contribution in [0.15, 0.2) is 18.2 Å². The van der Waals surface area contributed by atoms with Gasteiger partial charge in [-0.15, -0.1) is 0 Å². The lowest BCUT2D eigenvalue weighted by molar-refractivity contribution is -0.120. The molecule has 0 bridgehead atoms. The minimum Gasteiger partial charge on any atom is -0.486 e. The predicted molar refractivity (Wildman–Crippen MR) is 78.4 cm³/mol. The van der Waals surface area contributed by atoms with E-state index in [4.69, 9.17) is 9.47 Å². The second-order valence-corrected chi connectivity index (χ2v) is 4.74. The van der Waals surface area contributed by atoms with Crippen LogP contribution in [-0.4, -0.2) is 43.2 Å². The van der Waals surface area contributed by atoms with Gasteiger partial charge in [-0.1, -0.05) is 13.8 Å². The number of hydrogen-bond acceptors (Lipinski definition) is 4. The quantitative estimate of drug-likeness (QED) is 0.896. The average molecular weight is 278 g/mol. The Morgan fingerprint density at radius 3 is 2.55 bits per heavy atom. The van der Waals surface area contributed by atoms with E-state index in [0.717, 1.165) is 24.5 Å². The highest BCUT2D eigenvalue weighted by Gasteiger charge is 2.19. The van der Waals surface area contributed by atoms with Crippen molar-refractivity contribution in [2.24, 2.45) is 0 Å². The molecule has 1 atom stereocenters. The molecule has 1 aliphatic heterocycles. The average Bonchev–Trinajstić information content (AvgIpc) is 2.48. The summed E-state index contributed by atoms with van der Waals surface area (Å²) in [6, 6.07) is 5.31. The van der Waals surface area contributed by atoms with E-state index in [1.54, 1.807) is 6.07 Å². The zero-order valence-corrected chi connectivity index (χ0v) is 12.3. The van der Waals surface area contributed by atoms with E-state index in [9.17, 15) is 4.79 Å². The molecule has 0 radical (unpaired) electrons. The Hall–Kier alpha value is -1.75. The highest BCUT2D eigenvalue weighted by Crippen LogP contribution is 2.32. The van der Waals surface area contributed by atoms with Crippen molar-refractivity contribution in [1.29, 1.82) is 0 Å². The standard InChI is InChI=1S/C15H22N2O3/c1-4-17(5-2)11(3)15(18)16-12-6-7-13-14(10-12)20-9-8-19-13/h6-7,10-11H,4-5,8-9H2,1-3H3,(H,16,18)/t11-/m1/s1. The van der Waals surface area contributed by atoms with Gasteiger partial charge < -0.3 is 14.8 Å². The van der Waals surface area contributed by atoms with Gasteiger partial charge in [0.15, 0.2) is 11.5 Å². The van der Waals surface area contributed by atoms with E-state index < -0.39 is 0 Å². The summed E-state index contributed by atoms with van der Waals surface area (Å²) in [5.41, 5.74) is 0.734. The topological polar surface area (TPSA) is 50.8 Å². The van der Waals surface area contributed by atoms with Crippen LogP contribution in [0.2, 0.25) is 0 Å². The van der Waals surface area contributed by atoms with Gasteiger partial charge in [-0.05, 0) is 32.1 Å². The number of hydrogen-bond donors (Lipinski definition) is 1. The number of nitrogens with one attached hydrogen (secondary N) is 1. The summed E-state index contributed by atoms with van der Waals surface area (Å²) in [7, 11) is 0. The molecule has 1 aromatic carbocycles. The van der Waals surface area contributed by atoms with Crippen molar-refractivity contribution in [1.82, 2.24) is 4.90 Å². The van der Waals surface area contributed by atoms with Gasteiger partial charge in [0.25, 0.3) is 0 Å². The molecule has 1 aliphatic rings. The molecule has 1 heterocycles. The summed E-state index contributed by atoms with van der Waals surface area (Å²) < 4.78 is 11.0. The Morgan fingerprint density at radius 1 is 1.25 bits per heavy atom. The number of nitrogens with zero attached hydrogens (tertiary/aromatic N) is 1. The third-order valence-electron chi connectivity index (χ3n) is 3.55. The number of carbonyl (C=O) groups is 1. The molecule has 1 aromatic rings. The van der Waals surface area contributed by atoms with Crippen LogP contribution < -0.4 is 14.8 Å². The van der Waals surface area contributed by atoms with Gasteiger partial charge in [0.05, 0.1) is 6.04 Å². The van der Waals surface area contributed by atoms with Crippen molar-refractivity contribution in [3.63, 3.8) is 0 Å². The van der Waals surface area contributed by atoms with Crippen LogP contribution in [0.5, 0.6) is 11.5 Å². The Kier molecular flexibility index (Phi) is 4.84. The number of rotatable bonds is 5. The van der Waals surface area contributed by atoms with Crippen molar-refractivity contribution in [2.45, 2.75) is 26.8 Å². The van der Waals surface area contributed by atoms with Crippen LogP contribution in [0.3, 0.4) is 0 Å². The monoisotopic (exact) mass is 278 g/mol. The molecule has 5 heteroatoms. The zero-order chi connectivity index (χ0) is 14.5. The van der Waals surface area contributed by atoms with Crippen molar-refractivity contribution in [3.05, 3.63) is 18.2 Å². The second kappa shape index (κ2) is 6.61. The molecular weight excluding hydrogens is 256 g/mol. The number of benzene rings is 1. The molecule has 110 valence electrons. The van der Waals surface area contributed by atoms with Gasteiger partial charge >= 0.3 is 0 Å². The summed E-state index contributed by atoms with van der Waals surface area (Å²) in [5.74, 6) is 1.40. The molecule has 0 spiro atoms. The minimum atomic E-state index is -0.154. The minimum absolute atomic E-state index is 0.00891. The molecule has 0 saturated carbocycles. The van der Waals surface area contributed by atoms with Gasteiger partial charge in [-0.2, -0.15) is 0 Å². The first-order valence-electron chi connectivity index (χ1n) is 7.10. The van der Waals surface area contributed by atoms with Crippen molar-refractivity contribution in [2.75, 3.05) is 31.6 Å². The number of likely N-dealkylation sites (N-methyl/N-ethyl adjacent to an activating group) is 1. The van der Waals surface area contributed by atoms with E-state index in [-0.39, 0.29) is 11.9 Å². The van der Waals surface area contributed by atoms with E-state index in [2.05, 4.69) is 24.1 Å². The molecule has 5 nitrogen and oxygen atoms in total. The fourth-order valence-corrected chi connectivity index (χ4v) is 2.30. The van der Waals surface area contributed by atoms with E-state index in [1.807, 2.05) is 19.1 Å². The Bertz CT molecular complexity index is 472. The maximum absolute atomic E-state index is 12.2. The fraction of sp³-hybridized carbons (Fsp3) is 0.533. The van der Waals surface area contributed by atoms with E-state index in [0.29, 0.717) is 19.0 Å². The van der Waals surface area contributed by atoms with Gasteiger partial charge in [0.1, 0.15) is 13.2 Å². The Morgan fingerprint density at radius 2 is 1.90 bits per heavy atom. The Labute approximate surface area is 119 Å². The highest BCUT2D eigenvalue weighted by atomic mass is 16.6. The number of amides is 1. The smallest absolute Gasteiger partial charge is 0.241 e. The van der Waals surface area contributed by atoms with Crippen LogP contribution >= 0.6 is 0 Å². The van der Waals surface area contributed by atoms with Gasteiger partial charge in [0, 0.05) is 11.8 Å². The zero-order valence-electron chi connectivity index (χ0n) is 12.3. The summed E-state index contributed by atoms with van der Waals surface area (Å²) in [5, 5.41) is 2.92. The molecule has 0 saturated heterocycles. The number of ether oxygens (including phenoxy) is 2. The summed E-state index contributed by atoms with van der Waals surface area (Å²) >= 11 is 0. The van der Waals surface area contributed by atoms with E-state index in [1.165, 1.54) is 0 Å². The first-order valence-corrected chi connectivity index (χ1v) is 7.10. The van der Waals surface area contributed by atoms with Crippen LogP contribution in [-0.2, 0) is 4.79 Å². The van der Waals surface area contributed by atoms with Crippen LogP contribution in [0.25, 0.3) is 0 Å². The molecule has 0 fully saturated rings. The lowest BCUT2D eigenvalue weighted by Crippen LogP contribution is -2.41. The number of fused-ring (bicyclic) bond motifs is 1. The third kappa shape index (κ3) is 3.22.